The summed E-state index contributed by atoms with van der Waals surface area (Å²) in [5.41, 5.74) is -0.0252. The molecule has 0 spiro atoms. The van der Waals surface area contributed by atoms with Crippen LogP contribution < -0.4 is 16.0 Å². The Labute approximate surface area is 241 Å². The van der Waals surface area contributed by atoms with E-state index in [0.29, 0.717) is 29.8 Å². The van der Waals surface area contributed by atoms with Crippen LogP contribution in [0.1, 0.15) is 26.2 Å². The largest absolute Gasteiger partial charge is 0.477 e. The highest BCUT2D eigenvalue weighted by Gasteiger charge is 2.61. The molecule has 0 aliphatic carbocycles. The minimum Gasteiger partial charge on any atom is -0.477 e. The maximum Gasteiger partial charge on any atom is 0.353 e. The summed E-state index contributed by atoms with van der Waals surface area (Å²) in [4.78, 5) is 55.4. The number of carbonyl (C=O) groups is 4. The van der Waals surface area contributed by atoms with E-state index in [1.165, 1.54) is 27.7 Å². The number of fused-ring (bicyclic) bond motifs is 2. The first-order valence-corrected chi connectivity index (χ1v) is 15.0. The normalized spacial score (nSPS) is 33.3. The number of hydrogen-bond donors (Lipinski definition) is 4. The smallest absolute Gasteiger partial charge is 0.353 e. The topological polar surface area (TPSA) is 175 Å². The average Bonchev–Trinajstić information content (AvgIpc) is 3.73. The van der Waals surface area contributed by atoms with Crippen molar-refractivity contribution in [3.8, 4) is 0 Å². The Bertz CT molecular complexity index is 1260. The third kappa shape index (κ3) is 5.03. The zero-order chi connectivity index (χ0) is 28.8. The number of amides is 3. The molecule has 8 atom stereocenters. The van der Waals surface area contributed by atoms with E-state index in [0.717, 1.165) is 32.5 Å². The van der Waals surface area contributed by atoms with Gasteiger partial charge >= 0.3 is 5.97 Å². The van der Waals surface area contributed by atoms with Crippen LogP contribution in [0.3, 0.4) is 0 Å². The van der Waals surface area contributed by atoms with E-state index >= 15 is 0 Å². The minimum atomic E-state index is -1.17. The number of rotatable bonds is 9. The maximum atomic E-state index is 13.3. The van der Waals surface area contributed by atoms with Gasteiger partial charge in [-0.15, -0.1) is 23.4 Å². The van der Waals surface area contributed by atoms with Crippen molar-refractivity contribution in [3.63, 3.8) is 0 Å². The molecule has 1 aromatic heterocycles. The molecule has 2 unspecified atom stereocenters. The Morgan fingerprint density at radius 2 is 2.15 bits per heavy atom. The van der Waals surface area contributed by atoms with Gasteiger partial charge in [-0.05, 0) is 49.1 Å². The highest BCUT2D eigenvalue weighted by molar-refractivity contribution is 8.03. The number of likely N-dealkylation sites (tertiary alicyclic amines) is 1. The highest BCUT2D eigenvalue weighted by atomic mass is 32.2. The van der Waals surface area contributed by atoms with E-state index in [9.17, 15) is 24.3 Å². The van der Waals surface area contributed by atoms with Crippen molar-refractivity contribution in [2.45, 2.75) is 62.1 Å². The number of hydrogen-bond acceptors (Lipinski definition) is 10. The van der Waals surface area contributed by atoms with Crippen molar-refractivity contribution in [2.24, 2.45) is 17.8 Å². The predicted octanol–water partition coefficient (Wildman–Crippen LogP) is -1.21. The summed E-state index contributed by atoms with van der Waals surface area (Å²) >= 11 is 1.42. The monoisotopic (exact) mass is 585 g/mol. The summed E-state index contributed by atoms with van der Waals surface area (Å²) in [7, 11) is 0. The van der Waals surface area contributed by atoms with Crippen LogP contribution in [-0.4, -0.2) is 114 Å². The fourth-order valence-electron chi connectivity index (χ4n) is 7.10. The second-order valence-corrected chi connectivity index (χ2v) is 12.9. The van der Waals surface area contributed by atoms with Gasteiger partial charge in [0.05, 0.1) is 18.0 Å². The molecule has 1 aromatic rings. The molecule has 3 amide bonds. The van der Waals surface area contributed by atoms with E-state index < -0.39 is 29.9 Å². The number of piperidine rings is 1. The molecule has 4 fully saturated rings. The van der Waals surface area contributed by atoms with Gasteiger partial charge in [-0.1, -0.05) is 6.08 Å². The van der Waals surface area contributed by atoms with Crippen molar-refractivity contribution < 1.29 is 24.3 Å². The molecular weight excluding hydrogens is 550 g/mol. The van der Waals surface area contributed by atoms with E-state index in [1.54, 1.807) is 13.0 Å². The van der Waals surface area contributed by atoms with Gasteiger partial charge in [0.15, 0.2) is 0 Å². The van der Waals surface area contributed by atoms with Gasteiger partial charge in [0, 0.05) is 47.8 Å². The van der Waals surface area contributed by atoms with Crippen LogP contribution in [0.15, 0.2) is 29.6 Å². The second-order valence-electron chi connectivity index (χ2n) is 11.5. The van der Waals surface area contributed by atoms with Crippen LogP contribution in [0.4, 0.5) is 0 Å². The quantitative estimate of drug-likeness (QED) is 0.202. The third-order valence-corrected chi connectivity index (χ3v) is 10.4. The molecule has 5 aliphatic rings. The molecule has 41 heavy (non-hydrogen) atoms. The van der Waals surface area contributed by atoms with Crippen molar-refractivity contribution in [1.82, 2.24) is 46.0 Å². The Morgan fingerprint density at radius 3 is 2.85 bits per heavy atom. The highest BCUT2D eigenvalue weighted by Crippen LogP contribution is 2.52. The lowest BCUT2D eigenvalue weighted by Crippen LogP contribution is -2.66. The summed E-state index contributed by atoms with van der Waals surface area (Å²) in [6.07, 6.45) is 5.88. The molecule has 6 rings (SSSR count). The van der Waals surface area contributed by atoms with Crippen LogP contribution in [-0.2, 0) is 25.7 Å². The number of carbonyl (C=O) groups excluding carboxylic acids is 3. The second kappa shape index (κ2) is 11.2. The van der Waals surface area contributed by atoms with Crippen molar-refractivity contribution >= 4 is 35.5 Å². The number of thioether (sulfide) groups is 1. The number of aliphatic carboxylic acids is 1. The lowest BCUT2D eigenvalue weighted by Gasteiger charge is -2.47. The molecule has 14 nitrogen and oxygen atoms in total. The summed E-state index contributed by atoms with van der Waals surface area (Å²) in [6, 6.07) is -0.935. The number of carboxylic acid groups (broad SMARTS) is 1. The molecule has 15 heteroatoms. The molecule has 4 N–H and O–H groups in total. The fraction of sp³-hybridized carbons (Fsp3) is 0.654. The van der Waals surface area contributed by atoms with Crippen LogP contribution in [0.5, 0.6) is 0 Å². The van der Waals surface area contributed by atoms with Gasteiger partial charge in [-0.2, -0.15) is 0 Å². The summed E-state index contributed by atoms with van der Waals surface area (Å²) in [5.74, 6) is -2.25. The summed E-state index contributed by atoms with van der Waals surface area (Å²) < 4.78 is 1.28. The number of β-lactam (4-membered cyclic amide) rings is 1. The van der Waals surface area contributed by atoms with E-state index in [-0.39, 0.29) is 41.3 Å². The van der Waals surface area contributed by atoms with Gasteiger partial charge in [0.25, 0.3) is 0 Å². The van der Waals surface area contributed by atoms with Crippen LogP contribution in [0.25, 0.3) is 0 Å². The lowest BCUT2D eigenvalue weighted by atomic mass is 9.77. The first-order chi connectivity index (χ1) is 19.8. The zero-order valence-corrected chi connectivity index (χ0v) is 23.6. The molecule has 220 valence electrons. The molecule has 0 radical (unpaired) electrons. The lowest BCUT2D eigenvalue weighted by molar-refractivity contribution is -0.158. The van der Waals surface area contributed by atoms with Crippen LogP contribution in [0.2, 0.25) is 0 Å². The Morgan fingerprint density at radius 1 is 1.32 bits per heavy atom. The standard InChI is InChI=1S/C26H35N9O5S/c1-3-16-21-20(13(2)30-19(36)11-34-12-29-31-32-34)25(38)35(21)22(26(39)40)23(16)41-15-7-17(28-8-15)24(37)33-9-14-5-4-6-27-18(14)10-33/h3,12-18,20-21,27-28H,1,4-11H2,2H3,(H,30,36)(H,39,40)/t13-,14?,15+,16-,17+,18?,20-,21-/m1/s1. The van der Waals surface area contributed by atoms with E-state index in [1.807, 2.05) is 4.90 Å². The molecule has 5 aliphatic heterocycles. The molecular formula is C26H35N9O5S. The Kier molecular flexibility index (Phi) is 7.59. The van der Waals surface area contributed by atoms with Gasteiger partial charge in [-0.3, -0.25) is 14.4 Å². The summed E-state index contributed by atoms with van der Waals surface area (Å²) in [6.45, 7) is 8.69. The number of carboxylic acids is 1. The zero-order valence-electron chi connectivity index (χ0n) is 22.8. The van der Waals surface area contributed by atoms with Crippen LogP contribution >= 0.6 is 11.8 Å². The van der Waals surface area contributed by atoms with Gasteiger partial charge in [0.1, 0.15) is 18.6 Å². The minimum absolute atomic E-state index is 0.0252. The molecule has 6 heterocycles. The fourth-order valence-corrected chi connectivity index (χ4v) is 8.62. The van der Waals surface area contributed by atoms with E-state index in [4.69, 9.17) is 0 Å². The number of aromatic nitrogens is 4. The van der Waals surface area contributed by atoms with Gasteiger partial charge in [0.2, 0.25) is 17.7 Å². The summed E-state index contributed by atoms with van der Waals surface area (Å²) in [5, 5.41) is 30.5. The van der Waals surface area contributed by atoms with E-state index in [2.05, 4.69) is 38.1 Å². The van der Waals surface area contributed by atoms with Crippen molar-refractivity contribution in [3.05, 3.63) is 29.6 Å². The molecule has 0 aromatic carbocycles. The van der Waals surface area contributed by atoms with Crippen molar-refractivity contribution in [2.75, 3.05) is 26.2 Å². The number of nitrogens with one attached hydrogen (secondary N) is 3. The van der Waals surface area contributed by atoms with Gasteiger partial charge < -0.3 is 30.9 Å². The number of tetrazole rings is 1. The van der Waals surface area contributed by atoms with Crippen LogP contribution in [0, 0.1) is 17.8 Å². The first kappa shape index (κ1) is 27.8. The SMILES string of the molecule is C=C[C@H]1C(S[C@@H]2CN[C@H](C(=O)N3CC4CCCNC4C3)C2)=C(C(=O)O)N2C(=O)[C@H]([C@@H](C)NC(=O)Cn3cnnn3)[C@@H]12. The molecule has 0 saturated carbocycles. The van der Waals surface area contributed by atoms with Gasteiger partial charge in [-0.25, -0.2) is 9.48 Å². The average molecular weight is 586 g/mol. The van der Waals surface area contributed by atoms with Crippen molar-refractivity contribution in [1.29, 1.82) is 0 Å². The molecule has 0 bridgehead atoms. The third-order valence-electron chi connectivity index (χ3n) is 9.01. The maximum absolute atomic E-state index is 13.3. The molecule has 4 saturated heterocycles. The number of nitrogens with zero attached hydrogens (tertiary/aromatic N) is 6. The Hall–Kier alpha value is -3.30. The Balaban J connectivity index is 1.11. The first-order valence-electron chi connectivity index (χ1n) is 14.1. The predicted molar refractivity (Wildman–Crippen MR) is 147 cm³/mol.